The summed E-state index contributed by atoms with van der Waals surface area (Å²) < 4.78 is 10.4. The van der Waals surface area contributed by atoms with Gasteiger partial charge < -0.3 is 14.4 Å². The molecule has 1 aromatic heterocycles. The molecule has 1 fully saturated rings. The Bertz CT molecular complexity index is 886. The minimum absolute atomic E-state index is 0.245. The number of benzene rings is 1. The summed E-state index contributed by atoms with van der Waals surface area (Å²) in [6, 6.07) is 10.4. The number of rotatable bonds is 11. The minimum atomic E-state index is -0.579. The number of carbonyl (C=O) groups is 2. The van der Waals surface area contributed by atoms with Crippen LogP contribution >= 0.6 is 11.3 Å². The number of esters is 1. The smallest absolute Gasteiger partial charge is 0.335 e. The monoisotopic (exact) mass is 471 g/mol. The Hall–Kier alpha value is -2.18. The summed E-state index contributed by atoms with van der Waals surface area (Å²) in [5, 5.41) is 2.14. The van der Waals surface area contributed by atoms with Gasteiger partial charge in [-0.25, -0.2) is 4.79 Å². The van der Waals surface area contributed by atoms with E-state index < -0.39 is 6.10 Å². The van der Waals surface area contributed by atoms with E-state index >= 15 is 0 Å². The SMILES string of the molecule is CCOC(Cc1ccc(-c2csc(CN(C)C(=O)CCC3CCCCC3)c2)cc1)C(=O)OC. The third-order valence-electron chi connectivity index (χ3n) is 6.50. The second kappa shape index (κ2) is 12.9. The third kappa shape index (κ3) is 7.68. The Morgan fingerprint density at radius 1 is 1.12 bits per heavy atom. The molecule has 1 aliphatic rings. The summed E-state index contributed by atoms with van der Waals surface area (Å²) in [6.45, 7) is 2.99. The van der Waals surface area contributed by atoms with E-state index in [0.717, 1.165) is 29.0 Å². The zero-order chi connectivity index (χ0) is 23.6. The lowest BCUT2D eigenvalue weighted by atomic mass is 9.86. The molecule has 1 amide bonds. The number of hydrogen-bond donors (Lipinski definition) is 0. The summed E-state index contributed by atoms with van der Waals surface area (Å²) in [6.07, 6.45) is 8.19. The molecule has 5 nitrogen and oxygen atoms in total. The van der Waals surface area contributed by atoms with Crippen LogP contribution in [0.3, 0.4) is 0 Å². The van der Waals surface area contributed by atoms with Crippen molar-refractivity contribution in [3.05, 3.63) is 46.2 Å². The fourth-order valence-corrected chi connectivity index (χ4v) is 5.47. The highest BCUT2D eigenvalue weighted by atomic mass is 32.1. The number of hydrogen-bond acceptors (Lipinski definition) is 5. The average molecular weight is 472 g/mol. The van der Waals surface area contributed by atoms with Gasteiger partial charge in [0.1, 0.15) is 0 Å². The largest absolute Gasteiger partial charge is 0.467 e. The van der Waals surface area contributed by atoms with Gasteiger partial charge in [0.05, 0.1) is 13.7 Å². The normalized spacial score (nSPS) is 15.2. The van der Waals surface area contributed by atoms with Gasteiger partial charge >= 0.3 is 5.97 Å². The van der Waals surface area contributed by atoms with Crippen molar-refractivity contribution in [3.63, 3.8) is 0 Å². The quantitative estimate of drug-likeness (QED) is 0.386. The van der Waals surface area contributed by atoms with Crippen LogP contribution in [0, 0.1) is 5.92 Å². The first kappa shape index (κ1) is 25.4. The standard InChI is InChI=1S/C27H37NO4S/c1-4-32-25(27(30)31-3)16-21-10-13-22(14-11-21)23-17-24(33-19-23)18-28(2)26(29)15-12-20-8-6-5-7-9-20/h10-11,13-14,17,19-20,25H,4-9,12,15-16,18H2,1-3H3. The van der Waals surface area contributed by atoms with E-state index in [-0.39, 0.29) is 11.9 Å². The maximum absolute atomic E-state index is 12.6. The van der Waals surface area contributed by atoms with Crippen molar-refractivity contribution in [1.29, 1.82) is 0 Å². The van der Waals surface area contributed by atoms with Crippen LogP contribution in [0.25, 0.3) is 11.1 Å². The molecule has 1 unspecified atom stereocenters. The molecular formula is C27H37NO4S. The predicted octanol–water partition coefficient (Wildman–Crippen LogP) is 5.85. The summed E-state index contributed by atoms with van der Waals surface area (Å²) in [7, 11) is 3.29. The molecule has 1 saturated carbocycles. The first-order valence-electron chi connectivity index (χ1n) is 12.1. The maximum atomic E-state index is 12.6. The molecule has 3 rings (SSSR count). The molecule has 0 radical (unpaired) electrons. The summed E-state index contributed by atoms with van der Waals surface area (Å²) in [5.74, 6) is 0.638. The summed E-state index contributed by atoms with van der Waals surface area (Å²) in [5.41, 5.74) is 3.30. The van der Waals surface area contributed by atoms with Crippen molar-refractivity contribution < 1.29 is 19.1 Å². The lowest BCUT2D eigenvalue weighted by molar-refractivity contribution is -0.153. The second-order valence-electron chi connectivity index (χ2n) is 8.96. The molecule has 1 atom stereocenters. The molecule has 180 valence electrons. The van der Waals surface area contributed by atoms with Crippen LogP contribution in [-0.2, 0) is 32.0 Å². The molecule has 1 aromatic carbocycles. The molecule has 0 aliphatic heterocycles. The van der Waals surface area contributed by atoms with Gasteiger partial charge in [-0.3, -0.25) is 4.79 Å². The molecular weight excluding hydrogens is 434 g/mol. The van der Waals surface area contributed by atoms with Crippen molar-refractivity contribution in [2.75, 3.05) is 20.8 Å². The Kier molecular flexibility index (Phi) is 9.95. The third-order valence-corrected chi connectivity index (χ3v) is 7.43. The lowest BCUT2D eigenvalue weighted by Gasteiger charge is -2.22. The number of thiophene rings is 1. The second-order valence-corrected chi connectivity index (χ2v) is 9.96. The van der Waals surface area contributed by atoms with Crippen molar-refractivity contribution in [2.24, 2.45) is 5.92 Å². The average Bonchev–Trinajstić information content (AvgIpc) is 3.31. The van der Waals surface area contributed by atoms with Gasteiger partial charge in [-0.15, -0.1) is 11.3 Å². The van der Waals surface area contributed by atoms with Crippen LogP contribution in [0.1, 0.15) is 62.3 Å². The molecule has 0 spiro atoms. The zero-order valence-electron chi connectivity index (χ0n) is 20.2. The van der Waals surface area contributed by atoms with E-state index in [1.54, 1.807) is 11.3 Å². The predicted molar refractivity (Wildman–Crippen MR) is 133 cm³/mol. The van der Waals surface area contributed by atoms with Crippen molar-refractivity contribution in [2.45, 2.75) is 70.9 Å². The van der Waals surface area contributed by atoms with Gasteiger partial charge in [0.2, 0.25) is 5.91 Å². The molecule has 33 heavy (non-hydrogen) atoms. The Morgan fingerprint density at radius 2 is 1.85 bits per heavy atom. The number of amides is 1. The zero-order valence-corrected chi connectivity index (χ0v) is 21.0. The van der Waals surface area contributed by atoms with Crippen LogP contribution in [-0.4, -0.2) is 43.6 Å². The van der Waals surface area contributed by atoms with Gasteiger partial charge in [-0.05, 0) is 47.4 Å². The van der Waals surface area contributed by atoms with E-state index in [0.29, 0.717) is 26.0 Å². The molecule has 0 bridgehead atoms. The lowest BCUT2D eigenvalue weighted by Crippen LogP contribution is -2.28. The van der Waals surface area contributed by atoms with Crippen molar-refractivity contribution in [1.82, 2.24) is 4.90 Å². The molecule has 0 N–H and O–H groups in total. The fraction of sp³-hybridized carbons (Fsp3) is 0.556. The van der Waals surface area contributed by atoms with Gasteiger partial charge in [0, 0.05) is 31.4 Å². The van der Waals surface area contributed by atoms with Gasteiger partial charge in [-0.2, -0.15) is 0 Å². The van der Waals surface area contributed by atoms with E-state index in [2.05, 4.69) is 23.6 Å². The van der Waals surface area contributed by atoms with Gasteiger partial charge in [0.15, 0.2) is 6.10 Å². The van der Waals surface area contributed by atoms with E-state index in [1.807, 2.05) is 31.0 Å². The minimum Gasteiger partial charge on any atom is -0.467 e. The van der Waals surface area contributed by atoms with Crippen LogP contribution < -0.4 is 0 Å². The number of carbonyl (C=O) groups excluding carboxylic acids is 2. The molecule has 2 aromatic rings. The first-order valence-corrected chi connectivity index (χ1v) is 13.0. The number of methoxy groups -OCH3 is 1. The highest BCUT2D eigenvalue weighted by Crippen LogP contribution is 2.29. The fourth-order valence-electron chi connectivity index (χ4n) is 4.52. The van der Waals surface area contributed by atoms with Gasteiger partial charge in [-0.1, -0.05) is 56.4 Å². The van der Waals surface area contributed by atoms with E-state index in [1.165, 1.54) is 44.1 Å². The van der Waals surface area contributed by atoms with Crippen molar-refractivity contribution >= 4 is 23.2 Å². The van der Waals surface area contributed by atoms with E-state index in [4.69, 9.17) is 9.47 Å². The molecule has 1 heterocycles. The highest BCUT2D eigenvalue weighted by molar-refractivity contribution is 7.10. The Labute approximate surface area is 202 Å². The Balaban J connectivity index is 1.52. The van der Waals surface area contributed by atoms with Crippen LogP contribution in [0.2, 0.25) is 0 Å². The van der Waals surface area contributed by atoms with Crippen LogP contribution in [0.4, 0.5) is 0 Å². The molecule has 1 aliphatic carbocycles. The first-order chi connectivity index (χ1) is 16.0. The van der Waals surface area contributed by atoms with Crippen LogP contribution in [0.15, 0.2) is 35.7 Å². The summed E-state index contributed by atoms with van der Waals surface area (Å²) >= 11 is 1.69. The molecule has 0 saturated heterocycles. The van der Waals surface area contributed by atoms with Crippen molar-refractivity contribution in [3.8, 4) is 11.1 Å². The maximum Gasteiger partial charge on any atom is 0.335 e. The topological polar surface area (TPSA) is 55.8 Å². The Morgan fingerprint density at radius 3 is 2.52 bits per heavy atom. The van der Waals surface area contributed by atoms with Gasteiger partial charge in [0.25, 0.3) is 0 Å². The van der Waals surface area contributed by atoms with Crippen LogP contribution in [0.5, 0.6) is 0 Å². The van der Waals surface area contributed by atoms with E-state index in [9.17, 15) is 9.59 Å². The molecule has 6 heteroatoms. The highest BCUT2D eigenvalue weighted by Gasteiger charge is 2.20. The number of nitrogens with zero attached hydrogens (tertiary/aromatic N) is 1. The number of ether oxygens (including phenoxy) is 2. The summed E-state index contributed by atoms with van der Waals surface area (Å²) in [4.78, 5) is 27.5.